The van der Waals surface area contributed by atoms with Crippen LogP contribution in [0.5, 0.6) is 5.75 Å². The quantitative estimate of drug-likeness (QED) is 0.540. The Kier molecular flexibility index (Phi) is 5.57. The lowest BCUT2D eigenvalue weighted by Crippen LogP contribution is -2.44. The van der Waals surface area contributed by atoms with E-state index in [1.54, 1.807) is 0 Å². The monoisotopic (exact) mass is 501 g/mol. The number of carbonyl (C=O) groups is 2. The largest absolute Gasteiger partial charge is 0.503 e. The van der Waals surface area contributed by atoms with Crippen LogP contribution in [0.25, 0.3) is 0 Å². The molecule has 2 bridgehead atoms. The standard InChI is InChI=1S/C25H19F4N3O4/c1-11-2-17(26)15(18(27)3-11)7-30-24(35)16-10-32-14-4-12-5-19(28)20(29)6-13(12)8-31(9-14)25(36)21(32)23(34)22(16)33/h2-3,5-6,10,14,34H,4,7-9H2,1H3,(H,30,35)/t14-/m0/s1. The third-order valence-electron chi connectivity index (χ3n) is 6.54. The van der Waals surface area contributed by atoms with E-state index in [-0.39, 0.29) is 25.2 Å². The zero-order valence-corrected chi connectivity index (χ0v) is 18.9. The third kappa shape index (κ3) is 3.80. The number of halogens is 4. The van der Waals surface area contributed by atoms with Crippen molar-refractivity contribution in [1.82, 2.24) is 14.8 Å². The first kappa shape index (κ1) is 23.6. The van der Waals surface area contributed by atoms with Crippen LogP contribution in [0.4, 0.5) is 17.6 Å². The van der Waals surface area contributed by atoms with E-state index in [4.69, 9.17) is 0 Å². The zero-order valence-electron chi connectivity index (χ0n) is 18.9. The van der Waals surface area contributed by atoms with E-state index in [9.17, 15) is 37.1 Å². The number of nitrogens with one attached hydrogen (secondary N) is 1. The topological polar surface area (TPSA) is 91.6 Å². The van der Waals surface area contributed by atoms with Crippen LogP contribution in [0, 0.1) is 30.2 Å². The Morgan fingerprint density at radius 2 is 1.67 bits per heavy atom. The average molecular weight is 501 g/mol. The number of fused-ring (bicyclic) bond motifs is 5. The van der Waals surface area contributed by atoms with Gasteiger partial charge in [0.2, 0.25) is 5.43 Å². The number of hydrogen-bond acceptors (Lipinski definition) is 4. The molecular weight excluding hydrogens is 482 g/mol. The fourth-order valence-electron chi connectivity index (χ4n) is 4.74. The number of rotatable bonds is 3. The van der Waals surface area contributed by atoms with Crippen molar-refractivity contribution in [1.29, 1.82) is 0 Å². The van der Waals surface area contributed by atoms with E-state index in [0.29, 0.717) is 16.7 Å². The first-order valence-electron chi connectivity index (χ1n) is 11.0. The maximum atomic E-state index is 14.1. The van der Waals surface area contributed by atoms with Crippen molar-refractivity contribution in [2.24, 2.45) is 0 Å². The first-order chi connectivity index (χ1) is 17.0. The average Bonchev–Trinajstić information content (AvgIpc) is 2.96. The summed E-state index contributed by atoms with van der Waals surface area (Å²) in [5.41, 5.74) is -1.25. The van der Waals surface area contributed by atoms with Gasteiger partial charge in [0, 0.05) is 31.4 Å². The van der Waals surface area contributed by atoms with E-state index < -0.39 is 70.0 Å². The Bertz CT molecular complexity index is 1500. The lowest BCUT2D eigenvalue weighted by molar-refractivity contribution is 0.0653. The molecule has 0 unspecified atom stereocenters. The Morgan fingerprint density at radius 3 is 2.33 bits per heavy atom. The molecule has 0 fully saturated rings. The summed E-state index contributed by atoms with van der Waals surface area (Å²) in [4.78, 5) is 40.0. The van der Waals surface area contributed by atoms with Crippen LogP contribution in [0.2, 0.25) is 0 Å². The molecule has 3 heterocycles. The molecule has 36 heavy (non-hydrogen) atoms. The van der Waals surface area contributed by atoms with E-state index in [1.807, 2.05) is 0 Å². The molecule has 11 heteroatoms. The molecule has 0 saturated heterocycles. The Balaban J connectivity index is 1.51. The number of aromatic hydroxyl groups is 1. The fourth-order valence-corrected chi connectivity index (χ4v) is 4.74. The second-order valence-corrected chi connectivity index (χ2v) is 8.94. The fraction of sp³-hybridized carbons (Fsp3) is 0.240. The van der Waals surface area contributed by atoms with Gasteiger partial charge in [-0.2, -0.15) is 0 Å². The van der Waals surface area contributed by atoms with Crippen LogP contribution in [0.15, 0.2) is 35.3 Å². The molecule has 186 valence electrons. The minimum Gasteiger partial charge on any atom is -0.503 e. The lowest BCUT2D eigenvalue weighted by Gasteiger charge is -2.34. The number of nitrogens with zero attached hydrogens (tertiary/aromatic N) is 2. The molecule has 0 saturated carbocycles. The van der Waals surface area contributed by atoms with Gasteiger partial charge in [0.1, 0.15) is 17.2 Å². The highest BCUT2D eigenvalue weighted by Gasteiger charge is 2.38. The summed E-state index contributed by atoms with van der Waals surface area (Å²) >= 11 is 0. The zero-order chi connectivity index (χ0) is 25.9. The van der Waals surface area contributed by atoms with Crippen molar-refractivity contribution in [3.63, 3.8) is 0 Å². The van der Waals surface area contributed by atoms with Gasteiger partial charge in [-0.3, -0.25) is 14.4 Å². The first-order valence-corrected chi connectivity index (χ1v) is 11.0. The summed E-state index contributed by atoms with van der Waals surface area (Å²) in [6.07, 6.45) is 1.23. The van der Waals surface area contributed by atoms with Gasteiger partial charge in [-0.05, 0) is 54.3 Å². The minimum atomic E-state index is -1.13. The highest BCUT2D eigenvalue weighted by atomic mass is 19.2. The summed E-state index contributed by atoms with van der Waals surface area (Å²) in [6.45, 7) is 0.996. The Labute approximate surface area is 201 Å². The molecule has 3 aromatic rings. The number of aromatic nitrogens is 1. The summed E-state index contributed by atoms with van der Waals surface area (Å²) in [5, 5.41) is 12.9. The third-order valence-corrected chi connectivity index (χ3v) is 6.54. The predicted molar refractivity (Wildman–Crippen MR) is 118 cm³/mol. The van der Waals surface area contributed by atoms with Crippen LogP contribution in [-0.2, 0) is 19.5 Å². The van der Waals surface area contributed by atoms with Gasteiger partial charge in [0.15, 0.2) is 23.1 Å². The van der Waals surface area contributed by atoms with Crippen LogP contribution in [0.1, 0.15) is 49.1 Å². The maximum Gasteiger partial charge on any atom is 0.274 e. The van der Waals surface area contributed by atoms with Crippen molar-refractivity contribution in [3.05, 3.63) is 97.5 Å². The second-order valence-electron chi connectivity index (χ2n) is 8.94. The predicted octanol–water partition coefficient (Wildman–Crippen LogP) is 3.10. The number of hydrogen-bond donors (Lipinski definition) is 2. The van der Waals surface area contributed by atoms with Crippen molar-refractivity contribution in [2.45, 2.75) is 32.5 Å². The van der Waals surface area contributed by atoms with Crippen LogP contribution < -0.4 is 10.7 Å². The Hall–Kier alpha value is -4.15. The normalized spacial score (nSPS) is 16.3. The molecule has 2 N–H and O–H groups in total. The van der Waals surface area contributed by atoms with E-state index in [0.717, 1.165) is 30.5 Å². The van der Waals surface area contributed by atoms with E-state index >= 15 is 0 Å². The second kappa shape index (κ2) is 8.51. The van der Waals surface area contributed by atoms with Gasteiger partial charge < -0.3 is 19.9 Å². The van der Waals surface area contributed by atoms with Crippen molar-refractivity contribution >= 4 is 11.8 Å². The minimum absolute atomic E-state index is 0.0502. The molecule has 7 nitrogen and oxygen atoms in total. The molecule has 0 spiro atoms. The highest BCUT2D eigenvalue weighted by molar-refractivity contribution is 5.99. The van der Waals surface area contributed by atoms with Crippen LogP contribution in [-0.4, -0.2) is 32.9 Å². The number of carbonyl (C=O) groups excluding carboxylic acids is 2. The summed E-state index contributed by atoms with van der Waals surface area (Å²) in [5.74, 6) is -6.54. The maximum absolute atomic E-state index is 14.1. The molecule has 2 aliphatic rings. The number of aryl methyl sites for hydroxylation is 1. The Morgan fingerprint density at radius 1 is 1.03 bits per heavy atom. The van der Waals surface area contributed by atoms with Crippen molar-refractivity contribution in [2.75, 3.05) is 6.54 Å². The molecule has 0 radical (unpaired) electrons. The van der Waals surface area contributed by atoms with Gasteiger partial charge in [-0.25, -0.2) is 17.6 Å². The molecule has 2 aliphatic heterocycles. The summed E-state index contributed by atoms with van der Waals surface area (Å²) in [7, 11) is 0. The molecule has 1 aromatic heterocycles. The molecule has 5 rings (SSSR count). The highest BCUT2D eigenvalue weighted by Crippen LogP contribution is 2.34. The van der Waals surface area contributed by atoms with Crippen LogP contribution in [0.3, 0.4) is 0 Å². The van der Waals surface area contributed by atoms with Gasteiger partial charge >= 0.3 is 0 Å². The van der Waals surface area contributed by atoms with Gasteiger partial charge in [-0.15, -0.1) is 0 Å². The summed E-state index contributed by atoms with van der Waals surface area (Å²) in [6, 6.07) is 3.64. The van der Waals surface area contributed by atoms with Crippen molar-refractivity contribution < 1.29 is 32.3 Å². The van der Waals surface area contributed by atoms with Gasteiger partial charge in [-0.1, -0.05) is 0 Å². The molecule has 0 aliphatic carbocycles. The van der Waals surface area contributed by atoms with E-state index in [2.05, 4.69) is 5.32 Å². The molecular formula is C25H19F4N3O4. The van der Waals surface area contributed by atoms with Crippen LogP contribution >= 0.6 is 0 Å². The molecule has 2 aromatic carbocycles. The smallest absolute Gasteiger partial charge is 0.274 e. The van der Waals surface area contributed by atoms with Crippen molar-refractivity contribution in [3.8, 4) is 5.75 Å². The molecule has 1 atom stereocenters. The summed E-state index contributed by atoms with van der Waals surface area (Å²) < 4.78 is 57.3. The SMILES string of the molecule is Cc1cc(F)c(CNC(=O)c2cn3c(c(O)c2=O)C(=O)N2Cc4cc(F)c(F)cc4C[C@H]3C2)c(F)c1. The number of pyridine rings is 1. The number of amides is 2. The lowest BCUT2D eigenvalue weighted by atomic mass is 10.0. The van der Waals surface area contributed by atoms with Gasteiger partial charge in [0.25, 0.3) is 11.8 Å². The van der Waals surface area contributed by atoms with Gasteiger partial charge in [0.05, 0.1) is 6.04 Å². The molecule has 2 amide bonds. The van der Waals surface area contributed by atoms with E-state index in [1.165, 1.54) is 16.4 Å². The number of benzene rings is 2.